The number of carboxylic acid groups (broad SMARTS) is 1. The van der Waals surface area contributed by atoms with E-state index >= 15 is 0 Å². The van der Waals surface area contributed by atoms with Crippen molar-refractivity contribution in [3.63, 3.8) is 0 Å². The van der Waals surface area contributed by atoms with Crippen molar-refractivity contribution >= 4 is 28.9 Å². The minimum Gasteiger partial charge on any atom is -0.493 e. The van der Waals surface area contributed by atoms with Gasteiger partial charge >= 0.3 is 5.97 Å². The van der Waals surface area contributed by atoms with Crippen LogP contribution in [0, 0.1) is 0 Å². The van der Waals surface area contributed by atoms with Crippen molar-refractivity contribution in [3.05, 3.63) is 83.2 Å². The first-order valence-corrected chi connectivity index (χ1v) is 11.9. The van der Waals surface area contributed by atoms with Gasteiger partial charge in [0.15, 0.2) is 11.5 Å². The van der Waals surface area contributed by atoms with Crippen LogP contribution >= 0.6 is 11.3 Å². The van der Waals surface area contributed by atoms with Crippen molar-refractivity contribution in [1.29, 1.82) is 0 Å². The number of benzene rings is 3. The van der Waals surface area contributed by atoms with Crippen molar-refractivity contribution in [3.8, 4) is 38.8 Å². The predicted molar refractivity (Wildman–Crippen MR) is 141 cm³/mol. The molecule has 8 heteroatoms. The molecule has 4 aromatic rings. The second-order valence-corrected chi connectivity index (χ2v) is 8.96. The Kier molecular flexibility index (Phi) is 7.56. The molecule has 0 spiro atoms. The number of carbonyl (C=O) groups excluding carboxylic acids is 1. The SMILES string of the molecule is COc1cc(-c2ccccc2C(=O)Nc2ccccc2-c2ccc(CC(=O)O)s2)cc(OC)c1OC. The molecule has 3 aromatic carbocycles. The summed E-state index contributed by atoms with van der Waals surface area (Å²) in [6.45, 7) is 0. The van der Waals surface area contributed by atoms with Gasteiger partial charge in [-0.05, 0) is 47.5 Å². The van der Waals surface area contributed by atoms with Gasteiger partial charge < -0.3 is 24.6 Å². The largest absolute Gasteiger partial charge is 0.493 e. The van der Waals surface area contributed by atoms with Gasteiger partial charge in [0.25, 0.3) is 5.91 Å². The van der Waals surface area contributed by atoms with E-state index in [0.29, 0.717) is 34.1 Å². The van der Waals surface area contributed by atoms with Crippen LogP contribution in [0.3, 0.4) is 0 Å². The Morgan fingerprint density at radius 2 is 1.47 bits per heavy atom. The molecule has 1 amide bonds. The molecule has 184 valence electrons. The van der Waals surface area contributed by atoms with Gasteiger partial charge in [-0.1, -0.05) is 36.4 Å². The summed E-state index contributed by atoms with van der Waals surface area (Å²) in [4.78, 5) is 26.2. The summed E-state index contributed by atoms with van der Waals surface area (Å²) in [5, 5.41) is 12.1. The average molecular weight is 504 g/mol. The maximum absolute atomic E-state index is 13.5. The van der Waals surface area contributed by atoms with Crippen molar-refractivity contribution in [2.75, 3.05) is 26.6 Å². The van der Waals surface area contributed by atoms with Crippen LogP contribution in [0.2, 0.25) is 0 Å². The van der Waals surface area contributed by atoms with Gasteiger partial charge in [0.1, 0.15) is 0 Å². The zero-order valence-electron chi connectivity index (χ0n) is 20.0. The van der Waals surface area contributed by atoms with Gasteiger partial charge in [-0.25, -0.2) is 0 Å². The number of hydrogen-bond donors (Lipinski definition) is 2. The number of nitrogens with one attached hydrogen (secondary N) is 1. The number of anilines is 1. The lowest BCUT2D eigenvalue weighted by Crippen LogP contribution is -2.13. The quantitative estimate of drug-likeness (QED) is 0.292. The molecular formula is C28H25NO6S. The molecule has 0 atom stereocenters. The van der Waals surface area contributed by atoms with Gasteiger partial charge in [0.05, 0.1) is 27.8 Å². The fourth-order valence-corrected chi connectivity index (χ4v) is 4.97. The minimum absolute atomic E-state index is 0.0403. The topological polar surface area (TPSA) is 94.1 Å². The van der Waals surface area contributed by atoms with E-state index in [1.165, 1.54) is 18.4 Å². The van der Waals surface area contributed by atoms with Crippen LogP contribution in [0.4, 0.5) is 5.69 Å². The summed E-state index contributed by atoms with van der Waals surface area (Å²) < 4.78 is 16.4. The number of rotatable bonds is 9. The van der Waals surface area contributed by atoms with Crippen LogP contribution in [-0.2, 0) is 11.2 Å². The number of thiophene rings is 1. The first-order chi connectivity index (χ1) is 17.4. The Labute approximate surface area is 212 Å². The summed E-state index contributed by atoms with van der Waals surface area (Å²) >= 11 is 1.39. The number of aliphatic carboxylic acids is 1. The summed E-state index contributed by atoms with van der Waals surface area (Å²) in [5.41, 5.74) is 3.36. The van der Waals surface area contributed by atoms with E-state index in [9.17, 15) is 9.59 Å². The predicted octanol–water partition coefficient (Wildman–Crippen LogP) is 5.99. The first-order valence-electron chi connectivity index (χ1n) is 11.1. The average Bonchev–Trinajstić information content (AvgIpc) is 3.35. The lowest BCUT2D eigenvalue weighted by atomic mass is 9.98. The number of amides is 1. The van der Waals surface area contributed by atoms with Crippen LogP contribution in [-0.4, -0.2) is 38.3 Å². The number of ether oxygens (including phenoxy) is 3. The monoisotopic (exact) mass is 503 g/mol. The van der Waals surface area contributed by atoms with Gasteiger partial charge in [-0.15, -0.1) is 11.3 Å². The lowest BCUT2D eigenvalue weighted by Gasteiger charge is -2.16. The Hall–Kier alpha value is -4.30. The lowest BCUT2D eigenvalue weighted by molar-refractivity contribution is -0.136. The summed E-state index contributed by atoms with van der Waals surface area (Å²) in [6.07, 6.45) is -0.0403. The van der Waals surface area contributed by atoms with Crippen LogP contribution in [0.1, 0.15) is 15.2 Å². The highest BCUT2D eigenvalue weighted by molar-refractivity contribution is 7.15. The molecule has 0 fully saturated rings. The molecule has 0 saturated heterocycles. The normalized spacial score (nSPS) is 10.5. The van der Waals surface area contributed by atoms with Gasteiger partial charge in [-0.2, -0.15) is 0 Å². The minimum atomic E-state index is -0.881. The number of para-hydroxylation sites is 1. The van der Waals surface area contributed by atoms with Crippen LogP contribution < -0.4 is 19.5 Å². The maximum Gasteiger partial charge on any atom is 0.308 e. The van der Waals surface area contributed by atoms with E-state index in [1.54, 1.807) is 44.6 Å². The third-order valence-corrected chi connectivity index (χ3v) is 6.69. The molecule has 0 aliphatic rings. The van der Waals surface area contributed by atoms with Crippen molar-refractivity contribution < 1.29 is 28.9 Å². The maximum atomic E-state index is 13.5. The molecule has 4 rings (SSSR count). The fraction of sp³-hybridized carbons (Fsp3) is 0.143. The molecule has 0 saturated carbocycles. The third kappa shape index (κ3) is 5.18. The van der Waals surface area contributed by atoms with Gasteiger partial charge in [0.2, 0.25) is 5.75 Å². The molecule has 0 bridgehead atoms. The molecule has 0 aliphatic carbocycles. The van der Waals surface area contributed by atoms with Crippen molar-refractivity contribution in [1.82, 2.24) is 0 Å². The number of methoxy groups -OCH3 is 3. The standard InChI is InChI=1S/C28H25NO6S/c1-33-23-14-17(15-24(34-2)27(23)35-3)19-8-4-5-9-20(19)28(32)29-22-11-7-6-10-21(22)25-13-12-18(36-25)16-26(30)31/h4-15H,16H2,1-3H3,(H,29,32)(H,30,31). The highest BCUT2D eigenvalue weighted by atomic mass is 32.1. The Balaban J connectivity index is 1.69. The molecule has 0 unspecified atom stereocenters. The molecule has 0 aliphatic heterocycles. The number of hydrogen-bond acceptors (Lipinski definition) is 6. The fourth-order valence-electron chi connectivity index (χ4n) is 3.93. The first kappa shape index (κ1) is 24.8. The van der Waals surface area contributed by atoms with E-state index in [2.05, 4.69) is 5.32 Å². The highest BCUT2D eigenvalue weighted by Crippen LogP contribution is 2.42. The van der Waals surface area contributed by atoms with Gasteiger partial charge in [-0.3, -0.25) is 9.59 Å². The van der Waals surface area contributed by atoms with E-state index in [1.807, 2.05) is 42.5 Å². The third-order valence-electron chi connectivity index (χ3n) is 5.58. The molecule has 0 radical (unpaired) electrons. The van der Waals surface area contributed by atoms with E-state index in [-0.39, 0.29) is 12.3 Å². The molecular weight excluding hydrogens is 478 g/mol. The Morgan fingerprint density at radius 3 is 2.11 bits per heavy atom. The van der Waals surface area contributed by atoms with Crippen molar-refractivity contribution in [2.45, 2.75) is 6.42 Å². The van der Waals surface area contributed by atoms with Crippen LogP contribution in [0.15, 0.2) is 72.8 Å². The summed E-state index contributed by atoms with van der Waals surface area (Å²) in [7, 11) is 4.63. The molecule has 2 N–H and O–H groups in total. The van der Waals surface area contributed by atoms with Crippen LogP contribution in [0.25, 0.3) is 21.6 Å². The Morgan fingerprint density at radius 1 is 0.833 bits per heavy atom. The zero-order valence-corrected chi connectivity index (χ0v) is 20.8. The van der Waals surface area contributed by atoms with E-state index in [0.717, 1.165) is 20.9 Å². The van der Waals surface area contributed by atoms with Crippen LogP contribution in [0.5, 0.6) is 17.2 Å². The second kappa shape index (κ2) is 11.0. The Bertz CT molecular complexity index is 1390. The van der Waals surface area contributed by atoms with E-state index in [4.69, 9.17) is 19.3 Å². The van der Waals surface area contributed by atoms with Gasteiger partial charge in [0, 0.05) is 26.6 Å². The number of carbonyl (C=O) groups is 2. The number of carboxylic acids is 1. The zero-order chi connectivity index (χ0) is 25.7. The van der Waals surface area contributed by atoms with Crippen molar-refractivity contribution in [2.24, 2.45) is 0 Å². The molecule has 36 heavy (non-hydrogen) atoms. The molecule has 1 aromatic heterocycles. The second-order valence-electron chi connectivity index (χ2n) is 7.80. The molecule has 1 heterocycles. The molecule has 7 nitrogen and oxygen atoms in total. The summed E-state index contributed by atoms with van der Waals surface area (Å²) in [5.74, 6) is 0.282. The van der Waals surface area contributed by atoms with E-state index < -0.39 is 5.97 Å². The smallest absolute Gasteiger partial charge is 0.308 e. The summed E-state index contributed by atoms with van der Waals surface area (Å²) in [6, 6.07) is 22.0. The highest BCUT2D eigenvalue weighted by Gasteiger charge is 2.19.